The normalized spacial score (nSPS) is 22.0. The van der Waals surface area contributed by atoms with Crippen molar-refractivity contribution >= 4 is 11.9 Å². The summed E-state index contributed by atoms with van der Waals surface area (Å²) in [4.78, 5) is 24.4. The number of carboxylic acids is 1. The summed E-state index contributed by atoms with van der Waals surface area (Å²) in [7, 11) is 1.70. The molecule has 1 aromatic heterocycles. The second-order valence-corrected chi connectivity index (χ2v) is 5.45. The van der Waals surface area contributed by atoms with Gasteiger partial charge in [-0.3, -0.25) is 9.59 Å². The van der Waals surface area contributed by atoms with Crippen LogP contribution in [0, 0.1) is 5.92 Å². The Hall–Kier alpha value is -1.82. The maximum absolute atomic E-state index is 11.9. The van der Waals surface area contributed by atoms with Crippen molar-refractivity contribution in [2.45, 2.75) is 38.3 Å². The van der Waals surface area contributed by atoms with E-state index in [1.807, 2.05) is 6.07 Å². The van der Waals surface area contributed by atoms with Crippen LogP contribution in [0.2, 0.25) is 0 Å². The van der Waals surface area contributed by atoms with E-state index in [1.54, 1.807) is 24.3 Å². The number of nitrogens with zero attached hydrogens (tertiary/aromatic N) is 1. The number of carbonyl (C=O) groups excluding carboxylic acids is 1. The van der Waals surface area contributed by atoms with Crippen molar-refractivity contribution in [1.82, 2.24) is 4.90 Å². The number of hydrogen-bond donors (Lipinski definition) is 1. The molecule has 1 aliphatic carbocycles. The highest BCUT2D eigenvalue weighted by Gasteiger charge is 2.26. The van der Waals surface area contributed by atoms with Gasteiger partial charge in [0.05, 0.1) is 24.8 Å². The minimum absolute atomic E-state index is 0.0124. The summed E-state index contributed by atoms with van der Waals surface area (Å²) in [6.07, 6.45) is 4.21. The van der Waals surface area contributed by atoms with Gasteiger partial charge in [0, 0.05) is 7.05 Å². The first-order valence-electron chi connectivity index (χ1n) is 7.17. The van der Waals surface area contributed by atoms with Crippen molar-refractivity contribution in [3.05, 3.63) is 24.2 Å². The molecule has 1 N–H and O–H groups in total. The number of furan rings is 1. The summed E-state index contributed by atoms with van der Waals surface area (Å²) in [6.45, 7) is 0.445. The Morgan fingerprint density at radius 2 is 2.10 bits per heavy atom. The summed E-state index contributed by atoms with van der Waals surface area (Å²) in [5.41, 5.74) is 0. The monoisotopic (exact) mass is 295 g/mol. The molecule has 0 bridgehead atoms. The van der Waals surface area contributed by atoms with Crippen LogP contribution in [0.5, 0.6) is 0 Å². The second-order valence-electron chi connectivity index (χ2n) is 5.45. The summed E-state index contributed by atoms with van der Waals surface area (Å²) >= 11 is 0. The van der Waals surface area contributed by atoms with Crippen LogP contribution in [0.25, 0.3) is 0 Å². The lowest BCUT2D eigenvalue weighted by Gasteiger charge is -2.26. The number of hydrogen-bond acceptors (Lipinski definition) is 4. The van der Waals surface area contributed by atoms with Gasteiger partial charge in [0.2, 0.25) is 5.91 Å². The van der Waals surface area contributed by atoms with E-state index in [1.165, 1.54) is 0 Å². The third-order valence-electron chi connectivity index (χ3n) is 3.86. The van der Waals surface area contributed by atoms with E-state index >= 15 is 0 Å². The highest BCUT2D eigenvalue weighted by atomic mass is 16.5. The molecule has 1 aromatic rings. The minimum Gasteiger partial charge on any atom is -0.481 e. The molecule has 21 heavy (non-hydrogen) atoms. The average molecular weight is 295 g/mol. The molecule has 0 unspecified atom stereocenters. The van der Waals surface area contributed by atoms with E-state index in [0.717, 1.165) is 5.76 Å². The average Bonchev–Trinajstić information content (AvgIpc) is 2.98. The topological polar surface area (TPSA) is 80.0 Å². The minimum atomic E-state index is -0.734. The van der Waals surface area contributed by atoms with Gasteiger partial charge in [-0.2, -0.15) is 0 Å². The van der Waals surface area contributed by atoms with E-state index in [-0.39, 0.29) is 24.5 Å². The lowest BCUT2D eigenvalue weighted by molar-refractivity contribution is -0.145. The third-order valence-corrected chi connectivity index (χ3v) is 3.86. The molecule has 1 aliphatic rings. The Balaban J connectivity index is 1.68. The Morgan fingerprint density at radius 3 is 2.67 bits per heavy atom. The Bertz CT molecular complexity index is 462. The lowest BCUT2D eigenvalue weighted by atomic mass is 9.87. The molecular weight excluding hydrogens is 274 g/mol. The summed E-state index contributed by atoms with van der Waals surface area (Å²) < 4.78 is 10.8. The van der Waals surface area contributed by atoms with E-state index in [0.29, 0.717) is 32.2 Å². The molecule has 1 heterocycles. The number of amides is 1. The SMILES string of the molecule is CN(Cc1ccco1)C(=O)COC1CCC(C(=O)O)CC1. The van der Waals surface area contributed by atoms with Crippen LogP contribution in [0.3, 0.4) is 0 Å². The van der Waals surface area contributed by atoms with E-state index < -0.39 is 5.97 Å². The largest absolute Gasteiger partial charge is 0.481 e. The predicted octanol–water partition coefficient (Wildman–Crippen LogP) is 1.90. The molecule has 2 rings (SSSR count). The van der Waals surface area contributed by atoms with Crippen molar-refractivity contribution in [3.63, 3.8) is 0 Å². The summed E-state index contributed by atoms with van der Waals surface area (Å²) in [5, 5.41) is 8.93. The van der Waals surface area contributed by atoms with Gasteiger partial charge in [0.1, 0.15) is 12.4 Å². The fraction of sp³-hybridized carbons (Fsp3) is 0.600. The molecule has 0 spiro atoms. The number of carboxylic acid groups (broad SMARTS) is 1. The van der Waals surface area contributed by atoms with Crippen molar-refractivity contribution in [2.75, 3.05) is 13.7 Å². The molecule has 0 aliphatic heterocycles. The standard InChI is InChI=1S/C15H21NO5/c1-16(9-13-3-2-8-20-13)14(17)10-21-12-6-4-11(5-7-12)15(18)19/h2-3,8,11-12H,4-7,9-10H2,1H3,(H,18,19). The Morgan fingerprint density at radius 1 is 1.38 bits per heavy atom. The molecule has 116 valence electrons. The predicted molar refractivity (Wildman–Crippen MR) is 74.5 cm³/mol. The zero-order valence-electron chi connectivity index (χ0n) is 12.2. The van der Waals surface area contributed by atoms with Gasteiger partial charge < -0.3 is 19.2 Å². The van der Waals surface area contributed by atoms with Gasteiger partial charge in [-0.05, 0) is 37.8 Å². The highest BCUT2D eigenvalue weighted by Crippen LogP contribution is 2.26. The summed E-state index contributed by atoms with van der Waals surface area (Å²) in [5.74, 6) is -0.371. The van der Waals surface area contributed by atoms with Crippen molar-refractivity contribution in [2.24, 2.45) is 5.92 Å². The van der Waals surface area contributed by atoms with Gasteiger partial charge in [-0.15, -0.1) is 0 Å². The van der Waals surface area contributed by atoms with Crippen LogP contribution >= 0.6 is 0 Å². The van der Waals surface area contributed by atoms with Gasteiger partial charge >= 0.3 is 5.97 Å². The molecule has 0 aromatic carbocycles. The van der Waals surface area contributed by atoms with Crippen LogP contribution in [-0.4, -0.2) is 41.6 Å². The van der Waals surface area contributed by atoms with Gasteiger partial charge in [-0.1, -0.05) is 0 Å². The molecule has 1 saturated carbocycles. The van der Waals surface area contributed by atoms with Gasteiger partial charge in [0.15, 0.2) is 0 Å². The first-order valence-corrected chi connectivity index (χ1v) is 7.17. The van der Waals surface area contributed by atoms with Crippen molar-refractivity contribution < 1.29 is 23.8 Å². The second kappa shape index (κ2) is 7.26. The maximum Gasteiger partial charge on any atom is 0.306 e. The lowest BCUT2D eigenvalue weighted by Crippen LogP contribution is -2.33. The van der Waals surface area contributed by atoms with Crippen LogP contribution in [-0.2, 0) is 20.9 Å². The van der Waals surface area contributed by atoms with Gasteiger partial charge in [0.25, 0.3) is 0 Å². The highest BCUT2D eigenvalue weighted by molar-refractivity contribution is 5.77. The van der Waals surface area contributed by atoms with Crippen molar-refractivity contribution in [1.29, 1.82) is 0 Å². The van der Waals surface area contributed by atoms with Gasteiger partial charge in [-0.25, -0.2) is 0 Å². The Kier molecular flexibility index (Phi) is 5.38. The van der Waals surface area contributed by atoms with Crippen LogP contribution in [0.1, 0.15) is 31.4 Å². The zero-order valence-corrected chi connectivity index (χ0v) is 12.2. The zero-order chi connectivity index (χ0) is 15.2. The molecule has 0 radical (unpaired) electrons. The maximum atomic E-state index is 11.9. The number of ether oxygens (including phenoxy) is 1. The number of rotatable bonds is 6. The van der Waals surface area contributed by atoms with Crippen LogP contribution in [0.4, 0.5) is 0 Å². The molecule has 1 fully saturated rings. The van der Waals surface area contributed by atoms with E-state index in [2.05, 4.69) is 0 Å². The quantitative estimate of drug-likeness (QED) is 0.867. The third kappa shape index (κ3) is 4.60. The Labute approximate surface area is 123 Å². The van der Waals surface area contributed by atoms with Crippen molar-refractivity contribution in [3.8, 4) is 0 Å². The first kappa shape index (κ1) is 15.6. The number of likely N-dealkylation sites (N-methyl/N-ethyl adjacent to an activating group) is 1. The fourth-order valence-corrected chi connectivity index (χ4v) is 2.50. The molecule has 6 nitrogen and oxygen atoms in total. The molecular formula is C15H21NO5. The molecule has 6 heteroatoms. The van der Waals surface area contributed by atoms with E-state index in [9.17, 15) is 9.59 Å². The van der Waals surface area contributed by atoms with Crippen LogP contribution < -0.4 is 0 Å². The summed E-state index contributed by atoms with van der Waals surface area (Å²) in [6, 6.07) is 3.60. The smallest absolute Gasteiger partial charge is 0.306 e. The number of aliphatic carboxylic acids is 1. The van der Waals surface area contributed by atoms with Crippen LogP contribution in [0.15, 0.2) is 22.8 Å². The number of carbonyl (C=O) groups is 2. The fourth-order valence-electron chi connectivity index (χ4n) is 2.50. The first-order chi connectivity index (χ1) is 10.1. The molecule has 0 saturated heterocycles. The van der Waals surface area contributed by atoms with E-state index in [4.69, 9.17) is 14.3 Å². The molecule has 1 amide bonds. The molecule has 0 atom stereocenters.